The highest BCUT2D eigenvalue weighted by molar-refractivity contribution is 5.92. The summed E-state index contributed by atoms with van der Waals surface area (Å²) >= 11 is 0. The Hall–Kier alpha value is -2.10. The van der Waals surface area contributed by atoms with Crippen LogP contribution in [-0.2, 0) is 13.5 Å². The third-order valence-electron chi connectivity index (χ3n) is 2.49. The molecule has 88 valence electrons. The molecule has 0 spiro atoms. The number of aryl methyl sites for hydroxylation is 1. The Bertz CT molecular complexity index is 490. The summed E-state index contributed by atoms with van der Waals surface area (Å²) in [4.78, 5) is 11.7. The lowest BCUT2D eigenvalue weighted by Crippen LogP contribution is -2.26. The molecule has 0 bridgehead atoms. The minimum atomic E-state index is -0.124. The van der Waals surface area contributed by atoms with Crippen LogP contribution in [0.4, 0.5) is 0 Å². The van der Waals surface area contributed by atoms with E-state index in [-0.39, 0.29) is 5.91 Å². The van der Waals surface area contributed by atoms with Crippen molar-refractivity contribution in [2.24, 2.45) is 7.05 Å². The van der Waals surface area contributed by atoms with Gasteiger partial charge in [0.25, 0.3) is 5.91 Å². The van der Waals surface area contributed by atoms with Crippen molar-refractivity contribution in [1.82, 2.24) is 15.1 Å². The minimum Gasteiger partial charge on any atom is -0.350 e. The Morgan fingerprint density at radius 1 is 1.29 bits per heavy atom. The summed E-state index contributed by atoms with van der Waals surface area (Å²) in [7, 11) is 1.79. The molecule has 17 heavy (non-hydrogen) atoms. The van der Waals surface area contributed by atoms with Crippen molar-refractivity contribution in [2.75, 3.05) is 6.54 Å². The molecule has 4 heteroatoms. The van der Waals surface area contributed by atoms with Gasteiger partial charge in [-0.2, -0.15) is 5.10 Å². The van der Waals surface area contributed by atoms with Crippen LogP contribution in [0, 0.1) is 0 Å². The Balaban J connectivity index is 1.81. The van der Waals surface area contributed by atoms with Gasteiger partial charge in [0.2, 0.25) is 0 Å². The van der Waals surface area contributed by atoms with Crippen LogP contribution in [-0.4, -0.2) is 22.2 Å². The number of hydrogen-bond acceptors (Lipinski definition) is 2. The molecule has 1 N–H and O–H groups in total. The second kappa shape index (κ2) is 5.30. The van der Waals surface area contributed by atoms with E-state index in [9.17, 15) is 4.79 Å². The van der Waals surface area contributed by atoms with Gasteiger partial charge in [0.05, 0.1) is 0 Å². The van der Waals surface area contributed by atoms with Gasteiger partial charge in [0, 0.05) is 19.8 Å². The third-order valence-corrected chi connectivity index (χ3v) is 2.49. The van der Waals surface area contributed by atoms with Gasteiger partial charge in [-0.05, 0) is 18.1 Å². The number of hydrogen-bond donors (Lipinski definition) is 1. The third kappa shape index (κ3) is 3.17. The molecule has 2 rings (SSSR count). The van der Waals surface area contributed by atoms with Crippen LogP contribution in [0.5, 0.6) is 0 Å². The van der Waals surface area contributed by atoms with E-state index >= 15 is 0 Å². The van der Waals surface area contributed by atoms with Gasteiger partial charge in [-0.3, -0.25) is 9.48 Å². The van der Waals surface area contributed by atoms with Crippen LogP contribution < -0.4 is 5.32 Å². The van der Waals surface area contributed by atoms with Crippen molar-refractivity contribution >= 4 is 5.91 Å². The number of aromatic nitrogens is 2. The summed E-state index contributed by atoms with van der Waals surface area (Å²) in [5, 5.41) is 6.89. The summed E-state index contributed by atoms with van der Waals surface area (Å²) in [6.07, 6.45) is 2.59. The number of rotatable bonds is 4. The van der Waals surface area contributed by atoms with Crippen molar-refractivity contribution in [2.45, 2.75) is 6.42 Å². The first-order valence-corrected chi connectivity index (χ1v) is 5.57. The maximum absolute atomic E-state index is 11.7. The highest BCUT2D eigenvalue weighted by atomic mass is 16.1. The summed E-state index contributed by atoms with van der Waals surface area (Å²) in [6, 6.07) is 11.8. The Kier molecular flexibility index (Phi) is 3.55. The molecule has 0 atom stereocenters. The quantitative estimate of drug-likeness (QED) is 0.861. The summed E-state index contributed by atoms with van der Waals surface area (Å²) < 4.78 is 1.62. The van der Waals surface area contributed by atoms with E-state index in [2.05, 4.69) is 10.4 Å². The van der Waals surface area contributed by atoms with E-state index in [1.807, 2.05) is 30.3 Å². The van der Waals surface area contributed by atoms with Crippen LogP contribution in [0.2, 0.25) is 0 Å². The lowest BCUT2D eigenvalue weighted by Gasteiger charge is -2.03. The maximum Gasteiger partial charge on any atom is 0.271 e. The van der Waals surface area contributed by atoms with Crippen molar-refractivity contribution in [3.8, 4) is 0 Å². The van der Waals surface area contributed by atoms with Crippen LogP contribution in [0.25, 0.3) is 0 Å². The predicted molar refractivity (Wildman–Crippen MR) is 65.7 cm³/mol. The van der Waals surface area contributed by atoms with Crippen LogP contribution in [0.1, 0.15) is 16.1 Å². The standard InChI is InChI=1S/C13H15N3O/c1-16-10-8-12(15-16)13(17)14-9-7-11-5-3-2-4-6-11/h2-6,8,10H,7,9H2,1H3,(H,14,17). The van der Waals surface area contributed by atoms with Gasteiger partial charge >= 0.3 is 0 Å². The van der Waals surface area contributed by atoms with Gasteiger partial charge in [0.1, 0.15) is 5.69 Å². The van der Waals surface area contributed by atoms with Crippen LogP contribution >= 0.6 is 0 Å². The number of benzene rings is 1. The van der Waals surface area contributed by atoms with Gasteiger partial charge in [0.15, 0.2) is 0 Å². The highest BCUT2D eigenvalue weighted by Crippen LogP contribution is 1.99. The molecule has 0 fully saturated rings. The van der Waals surface area contributed by atoms with E-state index in [0.29, 0.717) is 12.2 Å². The number of carbonyl (C=O) groups is 1. The fraction of sp³-hybridized carbons (Fsp3) is 0.231. The number of amides is 1. The Labute approximate surface area is 100 Å². The molecule has 0 unspecified atom stereocenters. The molecular formula is C13H15N3O. The van der Waals surface area contributed by atoms with Crippen molar-refractivity contribution in [3.05, 3.63) is 53.9 Å². The molecule has 0 saturated heterocycles. The molecule has 0 radical (unpaired) electrons. The van der Waals surface area contributed by atoms with Crippen LogP contribution in [0.3, 0.4) is 0 Å². The summed E-state index contributed by atoms with van der Waals surface area (Å²) in [5.41, 5.74) is 1.68. The zero-order valence-electron chi connectivity index (χ0n) is 9.76. The average Bonchev–Trinajstić information content (AvgIpc) is 2.77. The number of nitrogens with one attached hydrogen (secondary N) is 1. The van der Waals surface area contributed by atoms with E-state index in [0.717, 1.165) is 6.42 Å². The van der Waals surface area contributed by atoms with E-state index in [1.54, 1.807) is 24.0 Å². The molecule has 4 nitrogen and oxygen atoms in total. The lowest BCUT2D eigenvalue weighted by molar-refractivity contribution is 0.0948. The van der Waals surface area contributed by atoms with E-state index in [1.165, 1.54) is 5.56 Å². The van der Waals surface area contributed by atoms with Gasteiger partial charge in [-0.25, -0.2) is 0 Å². The number of carbonyl (C=O) groups excluding carboxylic acids is 1. The zero-order chi connectivity index (χ0) is 12.1. The zero-order valence-corrected chi connectivity index (χ0v) is 9.76. The molecule has 2 aromatic rings. The van der Waals surface area contributed by atoms with Gasteiger partial charge < -0.3 is 5.32 Å². The number of nitrogens with zero attached hydrogens (tertiary/aromatic N) is 2. The largest absolute Gasteiger partial charge is 0.350 e. The highest BCUT2D eigenvalue weighted by Gasteiger charge is 2.07. The fourth-order valence-corrected chi connectivity index (χ4v) is 1.59. The van der Waals surface area contributed by atoms with Gasteiger partial charge in [-0.15, -0.1) is 0 Å². The topological polar surface area (TPSA) is 46.9 Å². The predicted octanol–water partition coefficient (Wildman–Crippen LogP) is 1.39. The SMILES string of the molecule is Cn1ccc(C(=O)NCCc2ccccc2)n1. The first-order chi connectivity index (χ1) is 8.25. The van der Waals surface area contributed by atoms with Crippen molar-refractivity contribution in [3.63, 3.8) is 0 Å². The smallest absolute Gasteiger partial charge is 0.271 e. The monoisotopic (exact) mass is 229 g/mol. The maximum atomic E-state index is 11.7. The van der Waals surface area contributed by atoms with Crippen LogP contribution in [0.15, 0.2) is 42.6 Å². The molecule has 0 aliphatic carbocycles. The Morgan fingerprint density at radius 2 is 2.06 bits per heavy atom. The summed E-state index contributed by atoms with van der Waals surface area (Å²) in [5.74, 6) is -0.124. The van der Waals surface area contributed by atoms with Gasteiger partial charge in [-0.1, -0.05) is 30.3 Å². The lowest BCUT2D eigenvalue weighted by atomic mass is 10.1. The second-order valence-corrected chi connectivity index (χ2v) is 3.87. The summed E-state index contributed by atoms with van der Waals surface area (Å²) in [6.45, 7) is 0.624. The molecule has 0 aliphatic heterocycles. The second-order valence-electron chi connectivity index (χ2n) is 3.87. The first-order valence-electron chi connectivity index (χ1n) is 5.57. The Morgan fingerprint density at radius 3 is 2.71 bits per heavy atom. The van der Waals surface area contributed by atoms with E-state index < -0.39 is 0 Å². The van der Waals surface area contributed by atoms with Crippen molar-refractivity contribution in [1.29, 1.82) is 0 Å². The fourth-order valence-electron chi connectivity index (χ4n) is 1.59. The minimum absolute atomic E-state index is 0.124. The normalized spacial score (nSPS) is 10.2. The molecular weight excluding hydrogens is 214 g/mol. The molecule has 1 aromatic carbocycles. The molecule has 1 heterocycles. The van der Waals surface area contributed by atoms with Crippen molar-refractivity contribution < 1.29 is 4.79 Å². The molecule has 1 aromatic heterocycles. The first kappa shape index (κ1) is 11.4. The molecule has 1 amide bonds. The van der Waals surface area contributed by atoms with E-state index in [4.69, 9.17) is 0 Å². The average molecular weight is 229 g/mol. The molecule has 0 saturated carbocycles. The molecule has 0 aliphatic rings.